The van der Waals surface area contributed by atoms with Crippen LogP contribution in [0.4, 0.5) is 4.79 Å². The normalized spacial score (nSPS) is 25.6. The first kappa shape index (κ1) is 18.2. The summed E-state index contributed by atoms with van der Waals surface area (Å²) in [6.07, 6.45) is 0.0550. The van der Waals surface area contributed by atoms with Gasteiger partial charge in [-0.15, -0.1) is 0 Å². The number of carboxylic acids is 1. The van der Waals surface area contributed by atoms with Gasteiger partial charge < -0.3 is 14.6 Å². The number of fused-ring (bicyclic) bond motifs is 1. The summed E-state index contributed by atoms with van der Waals surface area (Å²) in [5.41, 5.74) is 0.711. The summed E-state index contributed by atoms with van der Waals surface area (Å²) in [6, 6.07) is -0.118. The van der Waals surface area contributed by atoms with Crippen molar-refractivity contribution in [2.75, 3.05) is 0 Å². The van der Waals surface area contributed by atoms with Gasteiger partial charge in [-0.3, -0.25) is 14.4 Å². The van der Waals surface area contributed by atoms with Crippen LogP contribution in [0.1, 0.15) is 51.3 Å². The molecule has 1 N–H and O–H groups in total. The number of carbonyl (C=O) groups excluding carboxylic acids is 2. The van der Waals surface area contributed by atoms with E-state index in [-0.39, 0.29) is 19.0 Å². The molecule has 1 saturated heterocycles. The number of hydrogen-bond acceptors (Lipinski definition) is 6. The first-order chi connectivity index (χ1) is 12.1. The molecular formula is C17H23N3O6. The number of aliphatic carboxylic acids is 1. The summed E-state index contributed by atoms with van der Waals surface area (Å²) in [6.45, 7) is 8.02. The largest absolute Gasteiger partial charge is 0.479 e. The highest BCUT2D eigenvalue weighted by Crippen LogP contribution is 2.35. The zero-order chi connectivity index (χ0) is 19.2. The van der Waals surface area contributed by atoms with E-state index >= 15 is 0 Å². The van der Waals surface area contributed by atoms with Crippen molar-refractivity contribution in [3.05, 3.63) is 17.5 Å². The number of aromatic nitrogens is 2. The number of ether oxygens (including phenoxy) is 2. The molecule has 1 amide bonds. The SMILES string of the molecule is C[C@H]1Cn2ncc(C3CC(C(=O)O)OC3=O)c2CN1C(=O)OC(C)(C)C. The smallest absolute Gasteiger partial charge is 0.410 e. The van der Waals surface area contributed by atoms with E-state index in [0.717, 1.165) is 0 Å². The van der Waals surface area contributed by atoms with Crippen LogP contribution in [-0.2, 0) is 32.2 Å². The Morgan fingerprint density at radius 2 is 2.08 bits per heavy atom. The molecule has 3 heterocycles. The average Bonchev–Trinajstić information content (AvgIpc) is 3.07. The summed E-state index contributed by atoms with van der Waals surface area (Å²) >= 11 is 0. The molecule has 0 aliphatic carbocycles. The zero-order valence-corrected chi connectivity index (χ0v) is 15.3. The monoisotopic (exact) mass is 365 g/mol. The van der Waals surface area contributed by atoms with E-state index in [2.05, 4.69) is 5.10 Å². The van der Waals surface area contributed by atoms with Crippen LogP contribution >= 0.6 is 0 Å². The highest BCUT2D eigenvalue weighted by Gasteiger charge is 2.43. The second-order valence-corrected chi connectivity index (χ2v) is 7.74. The lowest BCUT2D eigenvalue weighted by Gasteiger charge is -2.35. The van der Waals surface area contributed by atoms with Crippen LogP contribution in [0.5, 0.6) is 0 Å². The number of carbonyl (C=O) groups is 3. The highest BCUT2D eigenvalue weighted by atomic mass is 16.6. The Balaban J connectivity index is 1.84. The fourth-order valence-corrected chi connectivity index (χ4v) is 3.26. The number of rotatable bonds is 2. The highest BCUT2D eigenvalue weighted by molar-refractivity contribution is 5.86. The van der Waals surface area contributed by atoms with Gasteiger partial charge in [-0.2, -0.15) is 5.10 Å². The van der Waals surface area contributed by atoms with Gasteiger partial charge in [0.05, 0.1) is 36.9 Å². The lowest BCUT2D eigenvalue weighted by atomic mass is 9.95. The summed E-state index contributed by atoms with van der Waals surface area (Å²) < 4.78 is 12.1. The molecule has 2 aliphatic rings. The number of amides is 1. The zero-order valence-electron chi connectivity index (χ0n) is 15.3. The quantitative estimate of drug-likeness (QED) is 0.791. The van der Waals surface area contributed by atoms with Crippen LogP contribution < -0.4 is 0 Å². The molecule has 1 aromatic rings. The Morgan fingerprint density at radius 1 is 1.38 bits per heavy atom. The van der Waals surface area contributed by atoms with E-state index in [1.54, 1.807) is 36.5 Å². The lowest BCUT2D eigenvalue weighted by molar-refractivity contribution is -0.157. The third-order valence-corrected chi connectivity index (χ3v) is 4.54. The van der Waals surface area contributed by atoms with Crippen LogP contribution in [0, 0.1) is 0 Å². The number of carboxylic acid groups (broad SMARTS) is 1. The van der Waals surface area contributed by atoms with E-state index in [1.807, 2.05) is 6.92 Å². The number of hydrogen-bond donors (Lipinski definition) is 1. The van der Waals surface area contributed by atoms with Crippen LogP contribution in [0.2, 0.25) is 0 Å². The van der Waals surface area contributed by atoms with E-state index in [1.165, 1.54) is 0 Å². The van der Waals surface area contributed by atoms with Crippen molar-refractivity contribution >= 4 is 18.0 Å². The van der Waals surface area contributed by atoms with Gasteiger partial charge in [0, 0.05) is 12.0 Å². The minimum atomic E-state index is -1.16. The summed E-state index contributed by atoms with van der Waals surface area (Å²) in [5, 5.41) is 13.4. The maximum absolute atomic E-state index is 12.5. The van der Waals surface area contributed by atoms with E-state index in [4.69, 9.17) is 14.6 Å². The fraction of sp³-hybridized carbons (Fsp3) is 0.647. The van der Waals surface area contributed by atoms with Crippen LogP contribution in [-0.4, -0.2) is 55.6 Å². The molecule has 26 heavy (non-hydrogen) atoms. The fourth-order valence-electron chi connectivity index (χ4n) is 3.26. The molecule has 0 spiro atoms. The molecule has 9 heteroatoms. The predicted molar refractivity (Wildman–Crippen MR) is 88.3 cm³/mol. The van der Waals surface area contributed by atoms with Crippen molar-refractivity contribution in [1.82, 2.24) is 14.7 Å². The molecule has 2 unspecified atom stereocenters. The van der Waals surface area contributed by atoms with Gasteiger partial charge >= 0.3 is 18.0 Å². The summed E-state index contributed by atoms with van der Waals surface area (Å²) in [4.78, 5) is 37.3. The van der Waals surface area contributed by atoms with Gasteiger partial charge in [-0.25, -0.2) is 9.59 Å². The third-order valence-electron chi connectivity index (χ3n) is 4.54. The second kappa shape index (κ2) is 6.30. The topological polar surface area (TPSA) is 111 Å². The Kier molecular flexibility index (Phi) is 4.41. The van der Waals surface area contributed by atoms with Crippen molar-refractivity contribution in [3.63, 3.8) is 0 Å². The molecule has 0 saturated carbocycles. The minimum absolute atomic E-state index is 0.0643. The maximum Gasteiger partial charge on any atom is 0.410 e. The third kappa shape index (κ3) is 3.38. The van der Waals surface area contributed by atoms with E-state index in [9.17, 15) is 14.4 Å². The molecule has 9 nitrogen and oxygen atoms in total. The molecular weight excluding hydrogens is 342 g/mol. The molecule has 0 radical (unpaired) electrons. The van der Waals surface area contributed by atoms with Gasteiger partial charge in [-0.1, -0.05) is 0 Å². The lowest BCUT2D eigenvalue weighted by Crippen LogP contribution is -2.47. The van der Waals surface area contributed by atoms with Gasteiger partial charge in [-0.05, 0) is 27.7 Å². The standard InChI is InChI=1S/C17H23N3O6/c1-9-7-20-12(8-19(9)16(24)26-17(2,3)4)11(6-18-20)10-5-13(14(21)22)25-15(10)23/h6,9-10,13H,5,7-8H2,1-4H3,(H,21,22)/t9-,10?,13?/m0/s1. The Morgan fingerprint density at radius 3 is 2.65 bits per heavy atom. The number of cyclic esters (lactones) is 1. The first-order valence-electron chi connectivity index (χ1n) is 8.54. The molecule has 2 aliphatic heterocycles. The predicted octanol–water partition coefficient (Wildman–Crippen LogP) is 1.51. The van der Waals surface area contributed by atoms with Gasteiger partial charge in [0.1, 0.15) is 5.60 Å². The van der Waals surface area contributed by atoms with Gasteiger partial charge in [0.15, 0.2) is 6.10 Å². The molecule has 0 aromatic carbocycles. The molecule has 1 fully saturated rings. The molecule has 3 atom stereocenters. The molecule has 3 rings (SSSR count). The minimum Gasteiger partial charge on any atom is -0.479 e. The van der Waals surface area contributed by atoms with E-state index < -0.39 is 35.7 Å². The maximum atomic E-state index is 12.5. The molecule has 1 aromatic heterocycles. The van der Waals surface area contributed by atoms with E-state index in [0.29, 0.717) is 17.8 Å². The van der Waals surface area contributed by atoms with Crippen LogP contribution in [0.3, 0.4) is 0 Å². The van der Waals surface area contributed by atoms with Crippen molar-refractivity contribution in [2.45, 2.75) is 70.9 Å². The number of nitrogens with zero attached hydrogens (tertiary/aromatic N) is 3. The average molecular weight is 365 g/mol. The summed E-state index contributed by atoms with van der Waals surface area (Å²) in [7, 11) is 0. The Bertz CT molecular complexity index is 750. The van der Waals surface area contributed by atoms with Crippen molar-refractivity contribution in [3.8, 4) is 0 Å². The van der Waals surface area contributed by atoms with Crippen molar-refractivity contribution in [1.29, 1.82) is 0 Å². The van der Waals surface area contributed by atoms with Crippen molar-refractivity contribution in [2.24, 2.45) is 0 Å². The second-order valence-electron chi connectivity index (χ2n) is 7.74. The van der Waals surface area contributed by atoms with Crippen LogP contribution in [0.25, 0.3) is 0 Å². The summed E-state index contributed by atoms with van der Waals surface area (Å²) in [5.74, 6) is -2.42. The number of esters is 1. The van der Waals surface area contributed by atoms with Crippen LogP contribution in [0.15, 0.2) is 6.20 Å². The Hall–Kier alpha value is -2.58. The van der Waals surface area contributed by atoms with Gasteiger partial charge in [0.2, 0.25) is 0 Å². The first-order valence-corrected chi connectivity index (χ1v) is 8.54. The Labute approximate surface area is 150 Å². The molecule has 0 bridgehead atoms. The molecule has 142 valence electrons. The van der Waals surface area contributed by atoms with Gasteiger partial charge in [0.25, 0.3) is 0 Å². The van der Waals surface area contributed by atoms with Crippen molar-refractivity contribution < 1.29 is 29.0 Å².